The van der Waals surface area contributed by atoms with Gasteiger partial charge in [-0.25, -0.2) is 0 Å². The smallest absolute Gasteiger partial charge is 0.0701 e. The summed E-state index contributed by atoms with van der Waals surface area (Å²) in [5.41, 5.74) is 12.1. The van der Waals surface area contributed by atoms with Crippen LogP contribution in [0.2, 0.25) is 0 Å². The van der Waals surface area contributed by atoms with Crippen LogP contribution in [-0.2, 0) is 0 Å². The molecule has 2 heterocycles. The largest absolute Gasteiger partial charge is 0.380 e. The number of dihydropyridines is 1. The van der Waals surface area contributed by atoms with E-state index in [-0.39, 0.29) is 6.04 Å². The first-order chi connectivity index (χ1) is 19.9. The predicted molar refractivity (Wildman–Crippen MR) is 183 cm³/mol. The maximum absolute atomic E-state index is 3.57. The second-order valence-electron chi connectivity index (χ2n) is 10.3. The Balaban J connectivity index is 0.000000270. The summed E-state index contributed by atoms with van der Waals surface area (Å²) >= 11 is 0. The molecule has 0 aromatic heterocycles. The first-order valence-electron chi connectivity index (χ1n) is 15.3. The molecule has 3 aromatic rings. The molecule has 2 heteroatoms. The van der Waals surface area contributed by atoms with Crippen LogP contribution < -0.4 is 5.32 Å². The summed E-state index contributed by atoms with van der Waals surface area (Å²) in [6.45, 7) is 20.1. The summed E-state index contributed by atoms with van der Waals surface area (Å²) in [5, 5.41) is 3.57. The van der Waals surface area contributed by atoms with Crippen molar-refractivity contribution >= 4 is 11.3 Å². The lowest BCUT2D eigenvalue weighted by atomic mass is 9.88. The molecule has 218 valence electrons. The van der Waals surface area contributed by atoms with Gasteiger partial charge in [0.15, 0.2) is 0 Å². The average molecular weight is 549 g/mol. The molecule has 1 unspecified atom stereocenters. The molecule has 0 amide bonds. The molecule has 5 rings (SSSR count). The molecule has 1 N–H and O–H groups in total. The first kappa shape index (κ1) is 33.4. The summed E-state index contributed by atoms with van der Waals surface area (Å²) in [5.74, 6) is 0.534. The van der Waals surface area contributed by atoms with E-state index in [1.807, 2.05) is 27.7 Å². The Morgan fingerprint density at radius 1 is 0.780 bits per heavy atom. The average Bonchev–Trinajstić information content (AvgIpc) is 3.01. The molecule has 2 aliphatic rings. The number of hydrogen-bond acceptors (Lipinski definition) is 2. The van der Waals surface area contributed by atoms with E-state index in [4.69, 9.17) is 0 Å². The van der Waals surface area contributed by atoms with Crippen LogP contribution in [0.25, 0.3) is 11.3 Å². The van der Waals surface area contributed by atoms with Gasteiger partial charge in [0.25, 0.3) is 0 Å². The van der Waals surface area contributed by atoms with Crippen LogP contribution in [0.3, 0.4) is 0 Å². The number of aryl methyl sites for hydroxylation is 2. The van der Waals surface area contributed by atoms with Crippen molar-refractivity contribution in [2.24, 2.45) is 0 Å². The van der Waals surface area contributed by atoms with Gasteiger partial charge >= 0.3 is 0 Å². The number of allylic oxidation sites excluding steroid dienone is 4. The van der Waals surface area contributed by atoms with E-state index >= 15 is 0 Å². The van der Waals surface area contributed by atoms with Crippen molar-refractivity contribution in [3.05, 3.63) is 142 Å². The maximum Gasteiger partial charge on any atom is 0.0701 e. The van der Waals surface area contributed by atoms with Crippen molar-refractivity contribution in [2.75, 3.05) is 13.6 Å². The van der Waals surface area contributed by atoms with Gasteiger partial charge in [-0.15, -0.1) is 0 Å². The zero-order valence-corrected chi connectivity index (χ0v) is 27.1. The van der Waals surface area contributed by atoms with Gasteiger partial charge in [-0.3, -0.25) is 0 Å². The third-order valence-corrected chi connectivity index (χ3v) is 7.20. The van der Waals surface area contributed by atoms with Crippen LogP contribution in [-0.4, -0.2) is 18.5 Å². The lowest BCUT2D eigenvalue weighted by Crippen LogP contribution is -2.19. The molecular weight excluding hydrogens is 496 g/mol. The van der Waals surface area contributed by atoms with Crippen LogP contribution in [0.4, 0.5) is 0 Å². The highest BCUT2D eigenvalue weighted by atomic mass is 15.1. The fourth-order valence-electron chi connectivity index (χ4n) is 5.20. The fourth-order valence-corrected chi connectivity index (χ4v) is 5.20. The van der Waals surface area contributed by atoms with Crippen LogP contribution in [0, 0.1) is 13.8 Å². The number of likely N-dealkylation sites (N-methyl/N-ethyl adjacent to an activating group) is 1. The van der Waals surface area contributed by atoms with E-state index < -0.39 is 0 Å². The van der Waals surface area contributed by atoms with Gasteiger partial charge in [0.1, 0.15) is 0 Å². The van der Waals surface area contributed by atoms with E-state index in [1.54, 1.807) is 0 Å². The van der Waals surface area contributed by atoms with Crippen molar-refractivity contribution in [3.63, 3.8) is 0 Å². The third kappa shape index (κ3) is 8.85. The van der Waals surface area contributed by atoms with E-state index in [0.717, 1.165) is 6.54 Å². The monoisotopic (exact) mass is 548 g/mol. The molecule has 1 atom stereocenters. The minimum Gasteiger partial charge on any atom is -0.380 e. The molecule has 0 radical (unpaired) electrons. The van der Waals surface area contributed by atoms with Crippen LogP contribution >= 0.6 is 0 Å². The molecule has 0 saturated heterocycles. The van der Waals surface area contributed by atoms with Crippen LogP contribution in [0.15, 0.2) is 109 Å². The minimum atomic E-state index is 0.256. The summed E-state index contributed by atoms with van der Waals surface area (Å²) in [6.07, 6.45) is 11.0. The molecule has 0 saturated carbocycles. The van der Waals surface area contributed by atoms with Gasteiger partial charge in [-0.1, -0.05) is 133 Å². The Labute approximate surface area is 251 Å². The van der Waals surface area contributed by atoms with Crippen molar-refractivity contribution < 1.29 is 0 Å². The standard InChI is InChI=1S/C21H23N.C14H17N.2C2H6/c1-15(2)18-11-7-8-12-19(18)21-13-16(3)20(14-22-21)17-9-5-4-6-10-17;1-11-7-6-8-12(2)14(11)13-9-4-5-10-15(13)3;2*1-2/h4-15,21-22H,1-3H3;4-9H,10H2,1-3H3;2*1-2H3. The van der Waals surface area contributed by atoms with Crippen molar-refractivity contribution in [1.82, 2.24) is 10.2 Å². The van der Waals surface area contributed by atoms with Gasteiger partial charge in [-0.05, 0) is 66.2 Å². The maximum atomic E-state index is 3.57. The molecule has 2 nitrogen and oxygen atoms in total. The van der Waals surface area contributed by atoms with Gasteiger partial charge in [0.2, 0.25) is 0 Å². The first-order valence-corrected chi connectivity index (χ1v) is 15.3. The minimum absolute atomic E-state index is 0.256. The van der Waals surface area contributed by atoms with Crippen molar-refractivity contribution in [3.8, 4) is 0 Å². The Hall–Kier alpha value is -3.78. The summed E-state index contributed by atoms with van der Waals surface area (Å²) in [7, 11) is 2.14. The highest BCUT2D eigenvalue weighted by Crippen LogP contribution is 2.33. The summed E-state index contributed by atoms with van der Waals surface area (Å²) in [6, 6.07) is 26.0. The molecule has 0 spiro atoms. The molecule has 0 bridgehead atoms. The highest BCUT2D eigenvalue weighted by Gasteiger charge is 2.18. The molecule has 0 aliphatic carbocycles. The van der Waals surface area contributed by atoms with Gasteiger partial charge in [0.05, 0.1) is 6.04 Å². The molecule has 0 fully saturated rings. The van der Waals surface area contributed by atoms with Crippen molar-refractivity contribution in [2.45, 2.75) is 74.3 Å². The summed E-state index contributed by atoms with van der Waals surface area (Å²) in [4.78, 5) is 2.29. The molecule has 41 heavy (non-hydrogen) atoms. The fraction of sp³-hybridized carbons (Fsp3) is 0.333. The second kappa shape index (κ2) is 17.1. The van der Waals surface area contributed by atoms with E-state index in [0.29, 0.717) is 5.92 Å². The highest BCUT2D eigenvalue weighted by molar-refractivity contribution is 5.79. The zero-order valence-electron chi connectivity index (χ0n) is 27.1. The van der Waals surface area contributed by atoms with E-state index in [1.165, 1.54) is 50.2 Å². The number of nitrogens with one attached hydrogen (secondary N) is 1. The molecule has 2 aliphatic heterocycles. The Morgan fingerprint density at radius 2 is 1.39 bits per heavy atom. The van der Waals surface area contributed by atoms with Gasteiger partial charge in [-0.2, -0.15) is 0 Å². The number of hydrogen-bond donors (Lipinski definition) is 1. The lowest BCUT2D eigenvalue weighted by molar-refractivity contribution is 0.530. The number of rotatable bonds is 4. The third-order valence-electron chi connectivity index (χ3n) is 7.20. The van der Waals surface area contributed by atoms with Crippen LogP contribution in [0.1, 0.15) is 93.8 Å². The second-order valence-corrected chi connectivity index (χ2v) is 10.3. The number of nitrogens with zero attached hydrogens (tertiary/aromatic N) is 1. The van der Waals surface area contributed by atoms with Crippen LogP contribution in [0.5, 0.6) is 0 Å². The Bertz CT molecular complexity index is 1320. The van der Waals surface area contributed by atoms with E-state index in [9.17, 15) is 0 Å². The van der Waals surface area contributed by atoms with Gasteiger partial charge < -0.3 is 10.2 Å². The molecule has 3 aromatic carbocycles. The van der Waals surface area contributed by atoms with Crippen molar-refractivity contribution in [1.29, 1.82) is 0 Å². The SMILES string of the molecule is CC.CC.CC1=CC(c2ccccc2C(C)C)NC=C1c1ccccc1.Cc1cccc(C)c1C1=CC=CCN1C. The van der Waals surface area contributed by atoms with Gasteiger partial charge in [0, 0.05) is 36.6 Å². The summed E-state index contributed by atoms with van der Waals surface area (Å²) < 4.78 is 0. The van der Waals surface area contributed by atoms with E-state index in [2.05, 4.69) is 155 Å². The quantitative estimate of drug-likeness (QED) is 0.349. The zero-order chi connectivity index (χ0) is 30.4. The Morgan fingerprint density at radius 3 is 1.98 bits per heavy atom. The number of benzene rings is 3. The molecular formula is C39H52N2. The lowest BCUT2D eigenvalue weighted by Gasteiger charge is -2.26. The normalized spacial score (nSPS) is 15.4. The topological polar surface area (TPSA) is 15.3 Å². The Kier molecular flexibility index (Phi) is 14.0. The predicted octanol–water partition coefficient (Wildman–Crippen LogP) is 10.6.